The van der Waals surface area contributed by atoms with Gasteiger partial charge < -0.3 is 10.6 Å². The summed E-state index contributed by atoms with van der Waals surface area (Å²) in [6.07, 6.45) is 2.33. The summed E-state index contributed by atoms with van der Waals surface area (Å²) in [7, 11) is 0. The van der Waals surface area contributed by atoms with Crippen LogP contribution < -0.4 is 5.73 Å². The van der Waals surface area contributed by atoms with Crippen LogP contribution in [0.15, 0.2) is 18.2 Å². The van der Waals surface area contributed by atoms with Gasteiger partial charge in [0.1, 0.15) is 0 Å². The minimum absolute atomic E-state index is 0. The normalized spacial score (nSPS) is 18.9. The first-order chi connectivity index (χ1) is 8.56. The number of benzene rings is 1. The number of hydrogen-bond donors (Lipinski definition) is 1. The molecule has 19 heavy (non-hydrogen) atoms. The largest absolute Gasteiger partial charge is 0.341 e. The highest BCUT2D eigenvalue weighted by Gasteiger charge is 2.21. The standard InChI is InChI=1S/C13H16Cl2N2O.ClH/c14-11-4-3-9(6-12(11)15)7-13(18)17-5-1-2-10(16)8-17;/h3-4,6,10H,1-2,5,7-8,16H2;1H/t10-;/m1./s1. The molecule has 1 atom stereocenters. The lowest BCUT2D eigenvalue weighted by molar-refractivity contribution is -0.131. The van der Waals surface area contributed by atoms with Crippen LogP contribution in [0, 0.1) is 0 Å². The molecule has 1 heterocycles. The molecule has 3 nitrogen and oxygen atoms in total. The van der Waals surface area contributed by atoms with Crippen LogP contribution in [0.3, 0.4) is 0 Å². The maximum Gasteiger partial charge on any atom is 0.227 e. The van der Waals surface area contributed by atoms with Crippen molar-refractivity contribution >= 4 is 41.5 Å². The van der Waals surface area contributed by atoms with E-state index < -0.39 is 0 Å². The van der Waals surface area contributed by atoms with Gasteiger partial charge in [-0.1, -0.05) is 29.3 Å². The Morgan fingerprint density at radius 2 is 2.11 bits per heavy atom. The number of halogens is 3. The van der Waals surface area contributed by atoms with Crippen molar-refractivity contribution in [3.63, 3.8) is 0 Å². The fourth-order valence-corrected chi connectivity index (χ4v) is 2.49. The molecule has 0 unspecified atom stereocenters. The topological polar surface area (TPSA) is 46.3 Å². The highest BCUT2D eigenvalue weighted by Crippen LogP contribution is 2.23. The first-order valence-corrected chi connectivity index (χ1v) is 6.79. The minimum Gasteiger partial charge on any atom is -0.341 e. The molecule has 0 radical (unpaired) electrons. The maximum atomic E-state index is 12.1. The zero-order valence-corrected chi connectivity index (χ0v) is 12.8. The van der Waals surface area contributed by atoms with E-state index in [-0.39, 0.29) is 24.4 Å². The van der Waals surface area contributed by atoms with E-state index in [1.54, 1.807) is 12.1 Å². The molecule has 1 aromatic carbocycles. The Balaban J connectivity index is 0.00000180. The zero-order valence-electron chi connectivity index (χ0n) is 10.4. The second-order valence-corrected chi connectivity index (χ2v) is 5.48. The lowest BCUT2D eigenvalue weighted by atomic mass is 10.1. The molecule has 0 spiro atoms. The number of carbonyl (C=O) groups is 1. The number of hydrogen-bond acceptors (Lipinski definition) is 2. The Bertz CT molecular complexity index is 454. The molecule has 1 amide bonds. The van der Waals surface area contributed by atoms with Crippen molar-refractivity contribution in [3.8, 4) is 0 Å². The first kappa shape index (κ1) is 16.6. The fraction of sp³-hybridized carbons (Fsp3) is 0.462. The minimum atomic E-state index is 0. The molecule has 1 aromatic rings. The lowest BCUT2D eigenvalue weighted by Crippen LogP contribution is -2.46. The average molecular weight is 324 g/mol. The molecule has 0 saturated carbocycles. The van der Waals surface area contributed by atoms with E-state index in [0.717, 1.165) is 24.9 Å². The van der Waals surface area contributed by atoms with Crippen molar-refractivity contribution in [3.05, 3.63) is 33.8 Å². The summed E-state index contributed by atoms with van der Waals surface area (Å²) < 4.78 is 0. The van der Waals surface area contributed by atoms with E-state index in [2.05, 4.69) is 0 Å². The smallest absolute Gasteiger partial charge is 0.227 e. The lowest BCUT2D eigenvalue weighted by Gasteiger charge is -2.30. The molecular weight excluding hydrogens is 307 g/mol. The van der Waals surface area contributed by atoms with Gasteiger partial charge in [-0.25, -0.2) is 0 Å². The highest BCUT2D eigenvalue weighted by molar-refractivity contribution is 6.42. The third-order valence-corrected chi connectivity index (χ3v) is 3.89. The molecule has 106 valence electrons. The molecule has 0 bridgehead atoms. The number of amides is 1. The van der Waals surface area contributed by atoms with Gasteiger partial charge in [0.2, 0.25) is 5.91 Å². The van der Waals surface area contributed by atoms with Gasteiger partial charge in [0.25, 0.3) is 0 Å². The summed E-state index contributed by atoms with van der Waals surface area (Å²) in [5, 5.41) is 0.991. The average Bonchev–Trinajstić information content (AvgIpc) is 2.34. The summed E-state index contributed by atoms with van der Waals surface area (Å²) in [4.78, 5) is 13.9. The van der Waals surface area contributed by atoms with Crippen molar-refractivity contribution < 1.29 is 4.79 Å². The fourth-order valence-electron chi connectivity index (χ4n) is 2.17. The highest BCUT2D eigenvalue weighted by atomic mass is 35.5. The van der Waals surface area contributed by atoms with Crippen LogP contribution in [-0.2, 0) is 11.2 Å². The first-order valence-electron chi connectivity index (χ1n) is 6.03. The van der Waals surface area contributed by atoms with E-state index in [9.17, 15) is 4.79 Å². The van der Waals surface area contributed by atoms with Gasteiger partial charge in [-0.15, -0.1) is 12.4 Å². The SMILES string of the molecule is Cl.N[C@@H]1CCCN(C(=O)Cc2ccc(Cl)c(Cl)c2)C1. The van der Waals surface area contributed by atoms with Crippen molar-refractivity contribution in [1.82, 2.24) is 4.90 Å². The number of rotatable bonds is 2. The van der Waals surface area contributed by atoms with E-state index in [1.165, 1.54) is 0 Å². The predicted molar refractivity (Wildman–Crippen MR) is 81.2 cm³/mol. The Labute approximate surface area is 129 Å². The Morgan fingerprint density at radius 3 is 2.74 bits per heavy atom. The van der Waals surface area contributed by atoms with Crippen LogP contribution >= 0.6 is 35.6 Å². The van der Waals surface area contributed by atoms with Crippen LogP contribution in [0.2, 0.25) is 10.0 Å². The zero-order chi connectivity index (χ0) is 13.1. The molecule has 1 fully saturated rings. The van der Waals surface area contributed by atoms with Crippen LogP contribution in [-0.4, -0.2) is 29.9 Å². The third-order valence-electron chi connectivity index (χ3n) is 3.15. The Hall–Kier alpha value is -0.480. The summed E-state index contributed by atoms with van der Waals surface area (Å²) in [5.41, 5.74) is 6.75. The summed E-state index contributed by atoms with van der Waals surface area (Å²) in [6.45, 7) is 1.45. The molecule has 0 aliphatic carbocycles. The summed E-state index contributed by atoms with van der Waals surface area (Å²) >= 11 is 11.8. The van der Waals surface area contributed by atoms with Gasteiger partial charge in [0.05, 0.1) is 16.5 Å². The quantitative estimate of drug-likeness (QED) is 0.909. The van der Waals surface area contributed by atoms with E-state index in [0.29, 0.717) is 23.0 Å². The Morgan fingerprint density at radius 1 is 1.37 bits per heavy atom. The van der Waals surface area contributed by atoms with E-state index >= 15 is 0 Å². The number of likely N-dealkylation sites (tertiary alicyclic amines) is 1. The number of carbonyl (C=O) groups excluding carboxylic acids is 1. The third kappa shape index (κ3) is 4.53. The van der Waals surface area contributed by atoms with Crippen molar-refractivity contribution in [1.29, 1.82) is 0 Å². The van der Waals surface area contributed by atoms with Gasteiger partial charge in [-0.05, 0) is 30.5 Å². The number of piperidine rings is 1. The van der Waals surface area contributed by atoms with Gasteiger partial charge in [-0.2, -0.15) is 0 Å². The van der Waals surface area contributed by atoms with Crippen molar-refractivity contribution in [2.24, 2.45) is 5.73 Å². The second kappa shape index (κ2) is 7.34. The predicted octanol–water partition coefficient (Wildman–Crippen LogP) is 2.91. The van der Waals surface area contributed by atoms with Crippen molar-refractivity contribution in [2.75, 3.05) is 13.1 Å². The van der Waals surface area contributed by atoms with Crippen molar-refractivity contribution in [2.45, 2.75) is 25.3 Å². The molecule has 2 rings (SSSR count). The van der Waals surface area contributed by atoms with Crippen LogP contribution in [0.1, 0.15) is 18.4 Å². The molecular formula is C13H17Cl3N2O. The molecule has 1 aliphatic heterocycles. The van der Waals surface area contributed by atoms with E-state index in [4.69, 9.17) is 28.9 Å². The summed E-state index contributed by atoms with van der Waals surface area (Å²) in [5.74, 6) is 0.100. The molecule has 6 heteroatoms. The monoisotopic (exact) mass is 322 g/mol. The van der Waals surface area contributed by atoms with Gasteiger partial charge in [0.15, 0.2) is 0 Å². The van der Waals surface area contributed by atoms with Crippen LogP contribution in [0.4, 0.5) is 0 Å². The summed E-state index contributed by atoms with van der Waals surface area (Å²) in [6, 6.07) is 5.40. The van der Waals surface area contributed by atoms with Gasteiger partial charge >= 0.3 is 0 Å². The number of nitrogens with two attached hydrogens (primary N) is 1. The van der Waals surface area contributed by atoms with Crippen LogP contribution in [0.25, 0.3) is 0 Å². The van der Waals surface area contributed by atoms with Gasteiger partial charge in [-0.3, -0.25) is 4.79 Å². The molecule has 0 aromatic heterocycles. The molecule has 1 aliphatic rings. The Kier molecular flexibility index (Phi) is 6.40. The molecule has 1 saturated heterocycles. The number of nitrogens with zero attached hydrogens (tertiary/aromatic N) is 1. The van der Waals surface area contributed by atoms with E-state index in [1.807, 2.05) is 11.0 Å². The van der Waals surface area contributed by atoms with Crippen LogP contribution in [0.5, 0.6) is 0 Å². The van der Waals surface area contributed by atoms with Gasteiger partial charge in [0, 0.05) is 19.1 Å². The molecule has 2 N–H and O–H groups in total. The maximum absolute atomic E-state index is 12.1. The second-order valence-electron chi connectivity index (χ2n) is 4.67.